The molecule has 0 radical (unpaired) electrons. The first kappa shape index (κ1) is 16.5. The van der Waals surface area contributed by atoms with Gasteiger partial charge in [-0.05, 0) is 47.0 Å². The summed E-state index contributed by atoms with van der Waals surface area (Å²) in [6.07, 6.45) is 0.160. The number of hydrogen-bond acceptors (Lipinski definition) is 4. The lowest BCUT2D eigenvalue weighted by molar-refractivity contribution is -0.177. The molecule has 0 amide bonds. The van der Waals surface area contributed by atoms with Crippen molar-refractivity contribution in [2.75, 3.05) is 6.61 Å². The van der Waals surface area contributed by atoms with E-state index in [0.29, 0.717) is 0 Å². The van der Waals surface area contributed by atoms with Gasteiger partial charge in [0.15, 0.2) is 0 Å². The first-order valence-electron chi connectivity index (χ1n) is 6.63. The van der Waals surface area contributed by atoms with Crippen LogP contribution in [0.3, 0.4) is 0 Å². The molecule has 0 aromatic carbocycles. The average molecular weight is 286 g/mol. The molecule has 0 spiro atoms. The third kappa shape index (κ3) is 2.78. The van der Waals surface area contributed by atoms with Crippen LogP contribution in [0.15, 0.2) is 0 Å². The fourth-order valence-corrected chi connectivity index (χ4v) is 3.52. The number of esters is 1. The van der Waals surface area contributed by atoms with E-state index in [1.165, 1.54) is 13.8 Å². The molecule has 3 atom stereocenters. The van der Waals surface area contributed by atoms with Crippen LogP contribution in [0.25, 0.3) is 0 Å². The molecule has 2 N–H and O–H groups in total. The highest BCUT2D eigenvalue weighted by molar-refractivity contribution is 5.84. The van der Waals surface area contributed by atoms with Gasteiger partial charge in [0.2, 0.25) is 0 Å². The van der Waals surface area contributed by atoms with Gasteiger partial charge in [-0.1, -0.05) is 0 Å². The Morgan fingerprint density at radius 3 is 1.55 bits per heavy atom. The molecule has 1 rings (SSSR count). The lowest BCUT2D eigenvalue weighted by atomic mass is 9.54. The SMILES string of the molecule is CCOC(=O)C1(C)C[C@](C)(C(=O)O)C[C@](C)(C(=O)O)C1. The standard InChI is InChI=1S/C14H22O6/c1-5-20-11(19)14(4)7-12(2,9(15)16)6-13(3,8-14)10(17)18/h5-8H2,1-4H3,(H,15,16)(H,17,18)/t12-,13+,14?. The van der Waals surface area contributed by atoms with E-state index in [0.717, 1.165) is 0 Å². The maximum absolute atomic E-state index is 12.1. The first-order chi connectivity index (χ1) is 8.99. The monoisotopic (exact) mass is 286 g/mol. The van der Waals surface area contributed by atoms with E-state index in [2.05, 4.69) is 0 Å². The normalized spacial score (nSPS) is 37.2. The van der Waals surface area contributed by atoms with Crippen LogP contribution in [0, 0.1) is 16.2 Å². The Balaban J connectivity index is 3.24. The van der Waals surface area contributed by atoms with Gasteiger partial charge in [0, 0.05) is 0 Å². The maximum atomic E-state index is 12.1. The maximum Gasteiger partial charge on any atom is 0.311 e. The Morgan fingerprint density at radius 2 is 1.25 bits per heavy atom. The Labute approximate surface area is 118 Å². The van der Waals surface area contributed by atoms with E-state index in [1.54, 1.807) is 13.8 Å². The van der Waals surface area contributed by atoms with Crippen LogP contribution in [0.5, 0.6) is 0 Å². The molecule has 6 nitrogen and oxygen atoms in total. The Bertz CT molecular complexity index is 415. The summed E-state index contributed by atoms with van der Waals surface area (Å²) in [7, 11) is 0. The highest BCUT2D eigenvalue weighted by atomic mass is 16.5. The second-order valence-corrected chi connectivity index (χ2v) is 6.54. The van der Waals surface area contributed by atoms with E-state index in [9.17, 15) is 24.6 Å². The minimum absolute atomic E-state index is 0.000336. The van der Waals surface area contributed by atoms with Gasteiger partial charge in [-0.3, -0.25) is 14.4 Å². The van der Waals surface area contributed by atoms with E-state index >= 15 is 0 Å². The number of carboxylic acids is 2. The number of ether oxygens (including phenoxy) is 1. The summed E-state index contributed by atoms with van der Waals surface area (Å²) >= 11 is 0. The summed E-state index contributed by atoms with van der Waals surface area (Å²) in [6, 6.07) is 0. The topological polar surface area (TPSA) is 101 Å². The van der Waals surface area contributed by atoms with Gasteiger partial charge in [-0.2, -0.15) is 0 Å². The van der Waals surface area contributed by atoms with E-state index < -0.39 is 34.2 Å². The molecule has 1 saturated carbocycles. The van der Waals surface area contributed by atoms with Gasteiger partial charge in [0.25, 0.3) is 0 Å². The zero-order valence-electron chi connectivity index (χ0n) is 12.4. The quantitative estimate of drug-likeness (QED) is 0.766. The highest BCUT2D eigenvalue weighted by Gasteiger charge is 2.58. The van der Waals surface area contributed by atoms with Crippen molar-refractivity contribution in [3.05, 3.63) is 0 Å². The lowest BCUT2D eigenvalue weighted by Gasteiger charge is -2.47. The predicted octanol–water partition coefficient (Wildman–Crippen LogP) is 1.92. The van der Waals surface area contributed by atoms with Crippen molar-refractivity contribution in [1.82, 2.24) is 0 Å². The lowest BCUT2D eigenvalue weighted by Crippen LogP contribution is -2.52. The van der Waals surface area contributed by atoms with Crippen LogP contribution in [-0.2, 0) is 19.1 Å². The van der Waals surface area contributed by atoms with Crippen molar-refractivity contribution in [3.63, 3.8) is 0 Å². The number of aliphatic carboxylic acids is 2. The van der Waals surface area contributed by atoms with Crippen molar-refractivity contribution >= 4 is 17.9 Å². The number of carbonyl (C=O) groups excluding carboxylic acids is 1. The zero-order chi connectivity index (χ0) is 15.8. The summed E-state index contributed by atoms with van der Waals surface area (Å²) in [6.45, 7) is 6.42. The third-order valence-electron chi connectivity index (χ3n) is 4.14. The molecule has 6 heteroatoms. The highest BCUT2D eigenvalue weighted by Crippen LogP contribution is 2.55. The Kier molecular flexibility index (Phi) is 4.17. The fraction of sp³-hybridized carbons (Fsp3) is 0.786. The molecule has 0 aromatic heterocycles. The van der Waals surface area contributed by atoms with Crippen LogP contribution in [-0.4, -0.2) is 34.7 Å². The van der Waals surface area contributed by atoms with Gasteiger partial charge in [-0.15, -0.1) is 0 Å². The van der Waals surface area contributed by atoms with Crippen molar-refractivity contribution in [2.24, 2.45) is 16.2 Å². The van der Waals surface area contributed by atoms with Gasteiger partial charge < -0.3 is 14.9 Å². The third-order valence-corrected chi connectivity index (χ3v) is 4.14. The molecule has 1 fully saturated rings. The summed E-state index contributed by atoms with van der Waals surface area (Å²) in [5.41, 5.74) is -3.62. The molecule has 0 aliphatic heterocycles. The summed E-state index contributed by atoms with van der Waals surface area (Å²) in [5.74, 6) is -2.69. The summed E-state index contributed by atoms with van der Waals surface area (Å²) in [4.78, 5) is 35.2. The average Bonchev–Trinajstić information content (AvgIpc) is 2.27. The second kappa shape index (κ2) is 5.07. The minimum atomic E-state index is -1.26. The van der Waals surface area contributed by atoms with Crippen LogP contribution < -0.4 is 0 Å². The summed E-state index contributed by atoms with van der Waals surface area (Å²) in [5, 5.41) is 18.8. The second-order valence-electron chi connectivity index (χ2n) is 6.54. The number of carboxylic acid groups (broad SMARTS) is 2. The molecule has 1 aliphatic carbocycles. The zero-order valence-corrected chi connectivity index (χ0v) is 12.4. The largest absolute Gasteiger partial charge is 0.481 e. The number of carbonyl (C=O) groups is 3. The molecule has 114 valence electrons. The van der Waals surface area contributed by atoms with Crippen LogP contribution in [0.1, 0.15) is 47.0 Å². The molecular formula is C14H22O6. The summed E-state index contributed by atoms with van der Waals surface area (Å²) < 4.78 is 5.01. The molecular weight excluding hydrogens is 264 g/mol. The molecule has 0 heterocycles. The van der Waals surface area contributed by atoms with Crippen molar-refractivity contribution < 1.29 is 29.3 Å². The number of hydrogen-bond donors (Lipinski definition) is 2. The van der Waals surface area contributed by atoms with Crippen molar-refractivity contribution in [1.29, 1.82) is 0 Å². The minimum Gasteiger partial charge on any atom is -0.481 e. The van der Waals surface area contributed by atoms with Gasteiger partial charge in [0.1, 0.15) is 0 Å². The van der Waals surface area contributed by atoms with Crippen molar-refractivity contribution in [3.8, 4) is 0 Å². The molecule has 20 heavy (non-hydrogen) atoms. The van der Waals surface area contributed by atoms with Crippen LogP contribution in [0.2, 0.25) is 0 Å². The van der Waals surface area contributed by atoms with Gasteiger partial charge in [0.05, 0.1) is 22.9 Å². The Morgan fingerprint density at radius 1 is 0.900 bits per heavy atom. The molecule has 0 bridgehead atoms. The first-order valence-corrected chi connectivity index (χ1v) is 6.63. The number of rotatable bonds is 4. The van der Waals surface area contributed by atoms with Crippen LogP contribution >= 0.6 is 0 Å². The van der Waals surface area contributed by atoms with E-state index in [1.807, 2.05) is 0 Å². The predicted molar refractivity (Wildman–Crippen MR) is 70.1 cm³/mol. The Hall–Kier alpha value is -1.59. The van der Waals surface area contributed by atoms with Crippen LogP contribution in [0.4, 0.5) is 0 Å². The smallest absolute Gasteiger partial charge is 0.311 e. The molecule has 1 aliphatic rings. The fourth-order valence-electron chi connectivity index (χ4n) is 3.52. The molecule has 0 saturated heterocycles. The van der Waals surface area contributed by atoms with Crippen molar-refractivity contribution in [2.45, 2.75) is 47.0 Å². The molecule has 0 aromatic rings. The molecule has 1 unspecified atom stereocenters. The van der Waals surface area contributed by atoms with Gasteiger partial charge in [-0.25, -0.2) is 0 Å². The van der Waals surface area contributed by atoms with E-state index in [-0.39, 0.29) is 25.9 Å². The van der Waals surface area contributed by atoms with Gasteiger partial charge >= 0.3 is 17.9 Å². The van der Waals surface area contributed by atoms with E-state index in [4.69, 9.17) is 4.74 Å².